The van der Waals surface area contributed by atoms with Gasteiger partial charge in [-0.05, 0) is 6.07 Å². The first kappa shape index (κ1) is 12.5. The molecule has 6 nitrogen and oxygen atoms in total. The molecule has 1 amide bonds. The van der Waals surface area contributed by atoms with Gasteiger partial charge in [0.05, 0.1) is 9.95 Å². The smallest absolute Gasteiger partial charge is 0.314 e. The summed E-state index contributed by atoms with van der Waals surface area (Å²) >= 11 is 11.3. The number of nitro groups is 1. The number of hydrogen-bond donors (Lipinski definition) is 1. The van der Waals surface area contributed by atoms with Crippen molar-refractivity contribution in [3.63, 3.8) is 0 Å². The van der Waals surface area contributed by atoms with Crippen molar-refractivity contribution >= 4 is 34.8 Å². The van der Waals surface area contributed by atoms with E-state index in [0.29, 0.717) is 0 Å². The first-order chi connectivity index (χ1) is 7.41. The van der Waals surface area contributed by atoms with E-state index in [1.54, 1.807) is 0 Å². The van der Waals surface area contributed by atoms with E-state index in [2.05, 4.69) is 0 Å². The minimum Gasteiger partial charge on any atom is -0.476 e. The Kier molecular flexibility index (Phi) is 3.92. The predicted octanol–water partition coefficient (Wildman–Crippen LogP) is 1.77. The Morgan fingerprint density at radius 3 is 2.62 bits per heavy atom. The van der Waals surface area contributed by atoms with E-state index in [0.717, 1.165) is 6.07 Å². The van der Waals surface area contributed by atoms with Gasteiger partial charge in [0, 0.05) is 11.1 Å². The van der Waals surface area contributed by atoms with Gasteiger partial charge in [0.2, 0.25) is 5.75 Å². The highest BCUT2D eigenvalue weighted by Crippen LogP contribution is 2.37. The number of nitrogens with two attached hydrogens (primary N) is 1. The van der Waals surface area contributed by atoms with Gasteiger partial charge in [0.1, 0.15) is 0 Å². The molecule has 0 fully saturated rings. The van der Waals surface area contributed by atoms with Gasteiger partial charge in [0.15, 0.2) is 6.61 Å². The van der Waals surface area contributed by atoms with Crippen LogP contribution in [0.15, 0.2) is 12.1 Å². The second-order valence-electron chi connectivity index (χ2n) is 2.75. The third-order valence-corrected chi connectivity index (χ3v) is 2.04. The lowest BCUT2D eigenvalue weighted by molar-refractivity contribution is -0.385. The molecule has 2 N–H and O–H groups in total. The number of hydrogen-bond acceptors (Lipinski definition) is 4. The molecule has 1 rings (SSSR count). The summed E-state index contributed by atoms with van der Waals surface area (Å²) in [5.41, 5.74) is 4.43. The van der Waals surface area contributed by atoms with Crippen molar-refractivity contribution in [2.45, 2.75) is 0 Å². The number of rotatable bonds is 4. The van der Waals surface area contributed by atoms with E-state index in [1.807, 2.05) is 0 Å². The van der Waals surface area contributed by atoms with Crippen molar-refractivity contribution in [2.24, 2.45) is 5.73 Å². The summed E-state index contributed by atoms with van der Waals surface area (Å²) in [6, 6.07) is 2.34. The van der Waals surface area contributed by atoms with E-state index in [1.165, 1.54) is 6.07 Å². The number of ether oxygens (including phenoxy) is 1. The largest absolute Gasteiger partial charge is 0.476 e. The molecule has 0 spiro atoms. The molecule has 8 heteroatoms. The predicted molar refractivity (Wildman–Crippen MR) is 57.8 cm³/mol. The fourth-order valence-corrected chi connectivity index (χ4v) is 1.51. The molecular weight excluding hydrogens is 259 g/mol. The number of primary amides is 1. The van der Waals surface area contributed by atoms with Crippen LogP contribution in [0.2, 0.25) is 10.0 Å². The van der Waals surface area contributed by atoms with Crippen LogP contribution in [0.3, 0.4) is 0 Å². The fourth-order valence-electron chi connectivity index (χ4n) is 0.969. The van der Waals surface area contributed by atoms with Crippen LogP contribution in [-0.2, 0) is 4.79 Å². The van der Waals surface area contributed by atoms with Gasteiger partial charge >= 0.3 is 5.69 Å². The van der Waals surface area contributed by atoms with Crippen LogP contribution in [0.4, 0.5) is 5.69 Å². The van der Waals surface area contributed by atoms with Crippen molar-refractivity contribution in [1.29, 1.82) is 0 Å². The number of amides is 1. The van der Waals surface area contributed by atoms with Crippen LogP contribution in [0.25, 0.3) is 0 Å². The molecule has 0 heterocycles. The summed E-state index contributed by atoms with van der Waals surface area (Å²) in [5.74, 6) is -0.991. The van der Waals surface area contributed by atoms with E-state index >= 15 is 0 Å². The zero-order chi connectivity index (χ0) is 12.3. The zero-order valence-corrected chi connectivity index (χ0v) is 9.29. The summed E-state index contributed by atoms with van der Waals surface area (Å²) in [5, 5.41) is 10.7. The monoisotopic (exact) mass is 264 g/mol. The molecule has 0 bridgehead atoms. The van der Waals surface area contributed by atoms with Gasteiger partial charge in [-0.3, -0.25) is 14.9 Å². The highest BCUT2D eigenvalue weighted by atomic mass is 35.5. The number of carbonyl (C=O) groups is 1. The third kappa shape index (κ3) is 2.98. The molecule has 0 aromatic heterocycles. The average Bonchev–Trinajstić information content (AvgIpc) is 2.14. The number of nitro benzene ring substituents is 1. The lowest BCUT2D eigenvalue weighted by Gasteiger charge is -2.06. The summed E-state index contributed by atoms with van der Waals surface area (Å²) in [4.78, 5) is 20.4. The Balaban J connectivity index is 3.14. The highest BCUT2D eigenvalue weighted by molar-refractivity contribution is 6.36. The van der Waals surface area contributed by atoms with E-state index < -0.39 is 23.1 Å². The van der Waals surface area contributed by atoms with Crippen LogP contribution < -0.4 is 10.5 Å². The van der Waals surface area contributed by atoms with Gasteiger partial charge in [0.25, 0.3) is 5.91 Å². The van der Waals surface area contributed by atoms with Crippen LogP contribution in [0.1, 0.15) is 0 Å². The summed E-state index contributed by atoms with van der Waals surface area (Å²) in [7, 11) is 0. The molecule has 16 heavy (non-hydrogen) atoms. The van der Waals surface area contributed by atoms with Gasteiger partial charge in [-0.15, -0.1) is 0 Å². The Labute approximate surface area is 100 Å². The third-order valence-electron chi connectivity index (χ3n) is 1.54. The Hall–Kier alpha value is -1.53. The number of carbonyl (C=O) groups excluding carboxylic acids is 1. The summed E-state index contributed by atoms with van der Waals surface area (Å²) in [6.45, 7) is -0.498. The molecule has 0 radical (unpaired) electrons. The summed E-state index contributed by atoms with van der Waals surface area (Å²) in [6.07, 6.45) is 0. The maximum absolute atomic E-state index is 10.7. The Morgan fingerprint density at radius 1 is 1.50 bits per heavy atom. The van der Waals surface area contributed by atoms with E-state index in [4.69, 9.17) is 33.7 Å². The molecule has 1 aromatic carbocycles. The van der Waals surface area contributed by atoms with Gasteiger partial charge in [-0.1, -0.05) is 23.2 Å². The van der Waals surface area contributed by atoms with Crippen molar-refractivity contribution in [2.75, 3.05) is 6.61 Å². The van der Waals surface area contributed by atoms with Crippen molar-refractivity contribution in [1.82, 2.24) is 0 Å². The standard InChI is InChI=1S/C8H6Cl2N2O4/c9-4-1-5(10)8(16-3-7(11)13)6(2-4)12(14)15/h1-2H,3H2,(H2,11,13). The Bertz CT molecular complexity index is 450. The van der Waals surface area contributed by atoms with Crippen LogP contribution in [0.5, 0.6) is 5.75 Å². The lowest BCUT2D eigenvalue weighted by atomic mass is 10.3. The number of halogens is 2. The SMILES string of the molecule is NC(=O)COc1c(Cl)cc(Cl)cc1[N+](=O)[O-]. The first-order valence-corrected chi connectivity index (χ1v) is 4.72. The second kappa shape index (κ2) is 5.00. The number of benzene rings is 1. The molecule has 1 aromatic rings. The van der Waals surface area contributed by atoms with Crippen LogP contribution >= 0.6 is 23.2 Å². The average molecular weight is 265 g/mol. The van der Waals surface area contributed by atoms with E-state index in [9.17, 15) is 14.9 Å². The van der Waals surface area contributed by atoms with E-state index in [-0.39, 0.29) is 15.8 Å². The van der Waals surface area contributed by atoms with Crippen LogP contribution in [0, 0.1) is 10.1 Å². The molecular formula is C8H6Cl2N2O4. The minimum absolute atomic E-state index is 0.0551. The molecule has 0 saturated heterocycles. The molecule has 0 aliphatic heterocycles. The lowest BCUT2D eigenvalue weighted by Crippen LogP contribution is -2.20. The molecule has 0 aliphatic carbocycles. The van der Waals surface area contributed by atoms with Gasteiger partial charge in [-0.25, -0.2) is 0 Å². The van der Waals surface area contributed by atoms with Crippen molar-refractivity contribution < 1.29 is 14.5 Å². The van der Waals surface area contributed by atoms with Gasteiger partial charge < -0.3 is 10.5 Å². The van der Waals surface area contributed by atoms with Crippen molar-refractivity contribution in [3.05, 3.63) is 32.3 Å². The van der Waals surface area contributed by atoms with Gasteiger partial charge in [-0.2, -0.15) is 0 Å². The molecule has 0 saturated carbocycles. The quantitative estimate of drug-likeness (QED) is 0.662. The number of nitrogens with zero attached hydrogens (tertiary/aromatic N) is 1. The fraction of sp³-hybridized carbons (Fsp3) is 0.125. The molecule has 0 unspecified atom stereocenters. The Morgan fingerprint density at radius 2 is 2.12 bits per heavy atom. The molecule has 86 valence electrons. The molecule has 0 atom stereocenters. The topological polar surface area (TPSA) is 95.5 Å². The maximum atomic E-state index is 10.7. The maximum Gasteiger partial charge on any atom is 0.314 e. The molecule has 0 aliphatic rings. The first-order valence-electron chi connectivity index (χ1n) is 3.96. The van der Waals surface area contributed by atoms with Crippen LogP contribution in [-0.4, -0.2) is 17.4 Å². The highest BCUT2D eigenvalue weighted by Gasteiger charge is 2.20. The minimum atomic E-state index is -0.764. The zero-order valence-electron chi connectivity index (χ0n) is 7.78. The normalized spacial score (nSPS) is 9.88. The van der Waals surface area contributed by atoms with Crippen molar-refractivity contribution in [3.8, 4) is 5.75 Å². The summed E-state index contributed by atoms with van der Waals surface area (Å²) < 4.78 is 4.84. The second-order valence-corrected chi connectivity index (χ2v) is 3.59.